The fourth-order valence-electron chi connectivity index (χ4n) is 2.28. The Labute approximate surface area is 174 Å². The molecule has 25 heavy (non-hydrogen) atoms. The third-order valence-corrected chi connectivity index (χ3v) is 6.06. The normalized spacial score (nSPS) is 11.0. The summed E-state index contributed by atoms with van der Waals surface area (Å²) in [5.41, 5.74) is 8.75. The molecule has 0 fully saturated rings. The summed E-state index contributed by atoms with van der Waals surface area (Å²) in [6.07, 6.45) is 0. The molecule has 2 N–H and O–H groups in total. The Hall–Kier alpha value is -0.870. The highest BCUT2D eigenvalue weighted by Crippen LogP contribution is 2.41. The molecular formula is C17H8Cl6N2. The smallest absolute Gasteiger partial charge is 0.0785 e. The number of hydrogen-bond acceptors (Lipinski definition) is 2. The molecule has 0 radical (unpaired) electrons. The summed E-state index contributed by atoms with van der Waals surface area (Å²) >= 11 is 36.8. The Balaban J connectivity index is 2.21. The van der Waals surface area contributed by atoms with Crippen molar-refractivity contribution in [3.8, 4) is 22.5 Å². The molecule has 2 nitrogen and oxygen atoms in total. The minimum Gasteiger partial charge on any atom is -0.399 e. The Kier molecular flexibility index (Phi) is 5.60. The summed E-state index contributed by atoms with van der Waals surface area (Å²) in [7, 11) is 0. The van der Waals surface area contributed by atoms with E-state index in [2.05, 4.69) is 4.98 Å². The highest BCUT2D eigenvalue weighted by Gasteiger charge is 2.16. The van der Waals surface area contributed by atoms with Crippen LogP contribution in [0.1, 0.15) is 0 Å². The number of halogens is 6. The number of aromatic nitrogens is 1. The number of nitrogen functional groups attached to an aromatic ring is 1. The molecule has 0 spiro atoms. The third-order valence-electron chi connectivity index (χ3n) is 3.47. The summed E-state index contributed by atoms with van der Waals surface area (Å²) in [6, 6.07) is 10.1. The van der Waals surface area contributed by atoms with E-state index in [-0.39, 0.29) is 10.0 Å². The number of benzene rings is 2. The summed E-state index contributed by atoms with van der Waals surface area (Å²) in [5.74, 6) is 0. The fraction of sp³-hybridized carbons (Fsp3) is 0. The van der Waals surface area contributed by atoms with Gasteiger partial charge in [0.05, 0.1) is 41.5 Å². The van der Waals surface area contributed by atoms with Gasteiger partial charge in [0.1, 0.15) is 0 Å². The molecule has 3 aromatic rings. The van der Waals surface area contributed by atoms with Crippen LogP contribution >= 0.6 is 69.6 Å². The Morgan fingerprint density at radius 3 is 1.40 bits per heavy atom. The highest BCUT2D eigenvalue weighted by atomic mass is 35.5. The van der Waals surface area contributed by atoms with E-state index >= 15 is 0 Å². The second-order valence-electron chi connectivity index (χ2n) is 5.12. The average Bonchev–Trinajstić information content (AvgIpc) is 2.57. The molecule has 8 heteroatoms. The predicted octanol–water partition coefficient (Wildman–Crippen LogP) is 7.92. The van der Waals surface area contributed by atoms with Gasteiger partial charge in [-0.25, -0.2) is 4.98 Å². The summed E-state index contributed by atoms with van der Waals surface area (Å²) in [6.45, 7) is 0. The monoisotopic (exact) mass is 450 g/mol. The van der Waals surface area contributed by atoms with Crippen LogP contribution < -0.4 is 5.73 Å². The lowest BCUT2D eigenvalue weighted by molar-refractivity contribution is 1.32. The van der Waals surface area contributed by atoms with E-state index in [1.54, 1.807) is 36.4 Å². The van der Waals surface area contributed by atoms with Crippen molar-refractivity contribution in [1.82, 2.24) is 4.98 Å². The zero-order valence-electron chi connectivity index (χ0n) is 12.3. The second kappa shape index (κ2) is 7.40. The first-order valence-corrected chi connectivity index (χ1v) is 9.11. The van der Waals surface area contributed by atoms with Crippen LogP contribution in [0, 0.1) is 0 Å². The van der Waals surface area contributed by atoms with Crippen molar-refractivity contribution in [2.24, 2.45) is 0 Å². The van der Waals surface area contributed by atoms with Crippen molar-refractivity contribution in [2.45, 2.75) is 0 Å². The SMILES string of the molecule is Nc1cc(-c2ccc(Cl)c(Cl)c2Cl)nc(-c2ccc(Cl)c(Cl)c2Cl)c1. The highest BCUT2D eigenvalue weighted by molar-refractivity contribution is 6.49. The fourth-order valence-corrected chi connectivity index (χ4v) is 3.54. The van der Waals surface area contributed by atoms with E-state index in [1.165, 1.54) is 0 Å². The van der Waals surface area contributed by atoms with Crippen LogP contribution in [-0.4, -0.2) is 4.98 Å². The van der Waals surface area contributed by atoms with Gasteiger partial charge in [0.15, 0.2) is 0 Å². The minimum absolute atomic E-state index is 0.249. The molecule has 0 unspecified atom stereocenters. The van der Waals surface area contributed by atoms with E-state index in [0.717, 1.165) is 0 Å². The van der Waals surface area contributed by atoms with Crippen LogP contribution in [0.4, 0.5) is 5.69 Å². The number of nitrogens with two attached hydrogens (primary N) is 1. The number of rotatable bonds is 2. The molecule has 0 bridgehead atoms. The lowest BCUT2D eigenvalue weighted by atomic mass is 10.1. The van der Waals surface area contributed by atoms with Crippen LogP contribution in [0.25, 0.3) is 22.5 Å². The van der Waals surface area contributed by atoms with Crippen LogP contribution in [0.5, 0.6) is 0 Å². The van der Waals surface area contributed by atoms with Gasteiger partial charge in [-0.1, -0.05) is 69.6 Å². The summed E-state index contributed by atoms with van der Waals surface area (Å²) in [5, 5.41) is 1.79. The van der Waals surface area contributed by atoms with Crippen molar-refractivity contribution in [3.63, 3.8) is 0 Å². The van der Waals surface area contributed by atoms with E-state index in [1.807, 2.05) is 0 Å². The van der Waals surface area contributed by atoms with E-state index in [9.17, 15) is 0 Å². The molecule has 0 aliphatic carbocycles. The minimum atomic E-state index is 0.249. The van der Waals surface area contributed by atoms with E-state index in [0.29, 0.717) is 48.3 Å². The number of hydrogen-bond donors (Lipinski definition) is 1. The average molecular weight is 453 g/mol. The van der Waals surface area contributed by atoms with Crippen LogP contribution in [0.3, 0.4) is 0 Å². The Bertz CT molecular complexity index is 912. The van der Waals surface area contributed by atoms with Gasteiger partial charge >= 0.3 is 0 Å². The van der Waals surface area contributed by atoms with Crippen LogP contribution in [0.2, 0.25) is 30.1 Å². The molecule has 0 saturated carbocycles. The topological polar surface area (TPSA) is 38.9 Å². The Morgan fingerprint density at radius 2 is 1.00 bits per heavy atom. The summed E-state index contributed by atoms with van der Waals surface area (Å²) < 4.78 is 0. The Morgan fingerprint density at radius 1 is 0.600 bits per heavy atom. The molecule has 0 aliphatic rings. The molecule has 0 aliphatic heterocycles. The first kappa shape index (κ1) is 18.9. The van der Waals surface area contributed by atoms with Gasteiger partial charge in [0.2, 0.25) is 0 Å². The van der Waals surface area contributed by atoms with Gasteiger partial charge in [-0.05, 0) is 36.4 Å². The number of nitrogens with zero attached hydrogens (tertiary/aromatic N) is 1. The molecule has 3 rings (SSSR count). The molecule has 128 valence electrons. The third kappa shape index (κ3) is 3.66. The van der Waals surface area contributed by atoms with Crippen LogP contribution in [0.15, 0.2) is 36.4 Å². The van der Waals surface area contributed by atoms with E-state index in [4.69, 9.17) is 75.3 Å². The van der Waals surface area contributed by atoms with Crippen molar-refractivity contribution >= 4 is 75.3 Å². The maximum atomic E-state index is 6.30. The second-order valence-corrected chi connectivity index (χ2v) is 7.44. The molecule has 0 saturated heterocycles. The quantitative estimate of drug-likeness (QED) is 0.401. The molecule has 2 aromatic carbocycles. The standard InChI is InChI=1S/C17H8Cl6N2/c18-10-3-1-8(14(20)16(10)22)12-5-7(24)6-13(25-12)9-2-4-11(19)17(23)15(9)21/h1-6H,(H2,24,25). The lowest BCUT2D eigenvalue weighted by Gasteiger charge is -2.12. The molecule has 1 heterocycles. The van der Waals surface area contributed by atoms with Gasteiger partial charge < -0.3 is 5.73 Å². The molecule has 0 atom stereocenters. The molecular weight excluding hydrogens is 445 g/mol. The largest absolute Gasteiger partial charge is 0.399 e. The van der Waals surface area contributed by atoms with Crippen molar-refractivity contribution in [2.75, 3.05) is 5.73 Å². The maximum Gasteiger partial charge on any atom is 0.0785 e. The van der Waals surface area contributed by atoms with Gasteiger partial charge in [-0.3, -0.25) is 0 Å². The van der Waals surface area contributed by atoms with Crippen molar-refractivity contribution in [3.05, 3.63) is 66.5 Å². The number of anilines is 1. The first-order valence-electron chi connectivity index (χ1n) is 6.85. The van der Waals surface area contributed by atoms with Crippen molar-refractivity contribution in [1.29, 1.82) is 0 Å². The predicted molar refractivity (Wildman–Crippen MR) is 110 cm³/mol. The van der Waals surface area contributed by atoms with Gasteiger partial charge in [-0.2, -0.15) is 0 Å². The molecule has 0 amide bonds. The number of pyridine rings is 1. The van der Waals surface area contributed by atoms with Gasteiger partial charge in [0.25, 0.3) is 0 Å². The van der Waals surface area contributed by atoms with E-state index < -0.39 is 0 Å². The van der Waals surface area contributed by atoms with Crippen molar-refractivity contribution < 1.29 is 0 Å². The molecule has 1 aromatic heterocycles. The zero-order valence-corrected chi connectivity index (χ0v) is 16.8. The summed E-state index contributed by atoms with van der Waals surface area (Å²) in [4.78, 5) is 4.58. The van der Waals surface area contributed by atoms with Gasteiger partial charge in [0, 0.05) is 16.8 Å². The lowest BCUT2D eigenvalue weighted by Crippen LogP contribution is -1.95. The van der Waals surface area contributed by atoms with Gasteiger partial charge in [-0.15, -0.1) is 0 Å². The zero-order chi connectivity index (χ0) is 18.3. The maximum absolute atomic E-state index is 6.30. The van der Waals surface area contributed by atoms with Crippen LogP contribution in [-0.2, 0) is 0 Å². The first-order chi connectivity index (χ1) is 11.8.